The number of hydrogen-bond donors (Lipinski definition) is 2. The zero-order chi connectivity index (χ0) is 23.4. The molecule has 0 unspecified atom stereocenters. The van der Waals surface area contributed by atoms with Crippen molar-refractivity contribution < 1.29 is 17.9 Å². The Morgan fingerprint density at radius 3 is 2.42 bits per heavy atom. The van der Waals surface area contributed by atoms with Gasteiger partial charge in [0.25, 0.3) is 0 Å². The van der Waals surface area contributed by atoms with Crippen LogP contribution in [0, 0.1) is 11.7 Å². The van der Waals surface area contributed by atoms with E-state index < -0.39 is 16.1 Å². The molecule has 2 fully saturated rings. The van der Waals surface area contributed by atoms with Crippen molar-refractivity contribution in [2.75, 3.05) is 6.26 Å². The number of halogens is 1. The smallest absolute Gasteiger partial charge is 0.211 e. The van der Waals surface area contributed by atoms with E-state index in [1.807, 2.05) is 30.3 Å². The first-order valence-corrected chi connectivity index (χ1v) is 13.8. The molecule has 33 heavy (non-hydrogen) atoms. The van der Waals surface area contributed by atoms with Gasteiger partial charge in [-0.1, -0.05) is 42.5 Å². The SMILES string of the molecule is CS(=O)(=O)N(Cc1ccccc1)C1CCC(C[C@@H]2CC[C@H]([C@H](O)c3cccc(F)c3)N2)CC1. The molecule has 4 rings (SSSR count). The monoisotopic (exact) mass is 474 g/mol. The summed E-state index contributed by atoms with van der Waals surface area (Å²) in [6.07, 6.45) is 7.31. The van der Waals surface area contributed by atoms with Gasteiger partial charge < -0.3 is 10.4 Å². The van der Waals surface area contributed by atoms with Gasteiger partial charge >= 0.3 is 0 Å². The van der Waals surface area contributed by atoms with E-state index in [1.165, 1.54) is 18.4 Å². The molecular formula is C26H35FN2O3S. The van der Waals surface area contributed by atoms with Crippen molar-refractivity contribution in [3.8, 4) is 0 Å². The average molecular weight is 475 g/mol. The third-order valence-corrected chi connectivity index (χ3v) is 8.58. The molecular weight excluding hydrogens is 439 g/mol. The minimum atomic E-state index is -3.28. The molecule has 0 amide bonds. The Hall–Kier alpha value is -1.80. The van der Waals surface area contributed by atoms with Crippen molar-refractivity contribution in [3.05, 3.63) is 71.5 Å². The van der Waals surface area contributed by atoms with E-state index in [1.54, 1.807) is 16.4 Å². The van der Waals surface area contributed by atoms with Crippen LogP contribution in [0.1, 0.15) is 62.2 Å². The van der Waals surface area contributed by atoms with Crippen molar-refractivity contribution in [1.82, 2.24) is 9.62 Å². The standard InChI is InChI=1S/C26H35FN2O3S/c1-33(31,32)29(18-20-6-3-2-4-7-20)24-13-10-19(11-14-24)16-23-12-15-25(28-23)26(30)21-8-5-9-22(27)17-21/h2-9,17,19,23-26,28,30H,10-16,18H2,1H3/t19?,23-,24?,25+,26+/m0/s1. The zero-order valence-electron chi connectivity index (χ0n) is 19.2. The van der Waals surface area contributed by atoms with Gasteiger partial charge in [-0.25, -0.2) is 12.8 Å². The Morgan fingerprint density at radius 2 is 1.76 bits per heavy atom. The van der Waals surface area contributed by atoms with Gasteiger partial charge in [-0.3, -0.25) is 0 Å². The van der Waals surface area contributed by atoms with E-state index in [-0.39, 0.29) is 17.9 Å². The molecule has 1 heterocycles. The van der Waals surface area contributed by atoms with Gasteiger partial charge in [-0.15, -0.1) is 0 Å². The van der Waals surface area contributed by atoms with Crippen LogP contribution in [0.15, 0.2) is 54.6 Å². The normalized spacial score (nSPS) is 27.0. The molecule has 7 heteroatoms. The highest BCUT2D eigenvalue weighted by Gasteiger charge is 2.35. The van der Waals surface area contributed by atoms with Crippen LogP contribution in [0.25, 0.3) is 0 Å². The van der Waals surface area contributed by atoms with Crippen molar-refractivity contribution in [3.63, 3.8) is 0 Å². The average Bonchev–Trinajstić information content (AvgIpc) is 3.26. The van der Waals surface area contributed by atoms with Gasteiger partial charge in [0, 0.05) is 24.7 Å². The summed E-state index contributed by atoms with van der Waals surface area (Å²) in [6.45, 7) is 0.429. The Balaban J connectivity index is 1.28. The third kappa shape index (κ3) is 6.41. The summed E-state index contributed by atoms with van der Waals surface area (Å²) in [5, 5.41) is 14.2. The lowest BCUT2D eigenvalue weighted by atomic mass is 9.82. The Morgan fingerprint density at radius 1 is 1.03 bits per heavy atom. The van der Waals surface area contributed by atoms with Crippen molar-refractivity contribution in [2.45, 2.75) is 75.7 Å². The maximum absolute atomic E-state index is 13.5. The summed E-state index contributed by atoms with van der Waals surface area (Å²) < 4.78 is 40.2. The van der Waals surface area contributed by atoms with Gasteiger partial charge in [0.05, 0.1) is 12.4 Å². The number of rotatable bonds is 8. The van der Waals surface area contributed by atoms with Crippen molar-refractivity contribution >= 4 is 10.0 Å². The Bertz CT molecular complexity index is 1010. The Labute approximate surface area is 197 Å². The van der Waals surface area contributed by atoms with Gasteiger partial charge in [-0.05, 0) is 74.1 Å². The fourth-order valence-corrected chi connectivity index (χ4v) is 6.70. The van der Waals surface area contributed by atoms with Crippen LogP contribution >= 0.6 is 0 Å². The van der Waals surface area contributed by atoms with Crippen molar-refractivity contribution in [1.29, 1.82) is 0 Å². The molecule has 2 aromatic rings. The molecule has 3 atom stereocenters. The summed E-state index contributed by atoms with van der Waals surface area (Å²) in [7, 11) is -3.28. The number of aliphatic hydroxyl groups is 1. The fraction of sp³-hybridized carbons (Fsp3) is 0.538. The number of benzene rings is 2. The van der Waals surface area contributed by atoms with Crippen LogP contribution in [0.4, 0.5) is 4.39 Å². The zero-order valence-corrected chi connectivity index (χ0v) is 20.1. The van der Waals surface area contributed by atoms with Crippen LogP contribution in [0.2, 0.25) is 0 Å². The quantitative estimate of drug-likeness (QED) is 0.595. The molecule has 0 aromatic heterocycles. The number of hydrogen-bond acceptors (Lipinski definition) is 4. The van der Waals surface area contributed by atoms with Crippen LogP contribution in [0.3, 0.4) is 0 Å². The Kier molecular flexibility index (Phi) is 7.84. The number of aliphatic hydroxyl groups excluding tert-OH is 1. The fourth-order valence-electron chi connectivity index (χ4n) is 5.56. The largest absolute Gasteiger partial charge is 0.387 e. The predicted octanol–water partition coefficient (Wildman–Crippen LogP) is 4.39. The van der Waals surface area contributed by atoms with E-state index in [9.17, 15) is 17.9 Å². The summed E-state index contributed by atoms with van der Waals surface area (Å²) in [6, 6.07) is 16.3. The van der Waals surface area contributed by atoms with Crippen LogP contribution in [-0.2, 0) is 16.6 Å². The molecule has 1 saturated carbocycles. The second-order valence-corrected chi connectivity index (χ2v) is 11.7. The minimum absolute atomic E-state index is 0.0514. The lowest BCUT2D eigenvalue weighted by molar-refractivity contribution is 0.132. The molecule has 1 aliphatic heterocycles. The second-order valence-electron chi connectivity index (χ2n) is 9.75. The summed E-state index contributed by atoms with van der Waals surface area (Å²) in [5.74, 6) is 0.232. The summed E-state index contributed by atoms with van der Waals surface area (Å²) in [4.78, 5) is 0. The highest BCUT2D eigenvalue weighted by molar-refractivity contribution is 7.88. The number of nitrogens with one attached hydrogen (secondary N) is 1. The minimum Gasteiger partial charge on any atom is -0.387 e. The first-order chi connectivity index (χ1) is 15.8. The second kappa shape index (κ2) is 10.6. The number of sulfonamides is 1. The molecule has 1 aliphatic carbocycles. The van der Waals surface area contributed by atoms with Crippen LogP contribution in [0.5, 0.6) is 0 Å². The molecule has 2 N–H and O–H groups in total. The topological polar surface area (TPSA) is 69.6 Å². The summed E-state index contributed by atoms with van der Waals surface area (Å²) >= 11 is 0. The molecule has 2 aromatic carbocycles. The third-order valence-electron chi connectivity index (χ3n) is 7.30. The molecule has 2 aliphatic rings. The molecule has 0 bridgehead atoms. The first-order valence-electron chi connectivity index (χ1n) is 12.0. The van der Waals surface area contributed by atoms with Gasteiger partial charge in [0.1, 0.15) is 5.82 Å². The first kappa shape index (κ1) is 24.3. The highest BCUT2D eigenvalue weighted by Crippen LogP contribution is 2.35. The van der Waals surface area contributed by atoms with E-state index in [0.29, 0.717) is 24.1 Å². The molecule has 1 saturated heterocycles. The molecule has 180 valence electrons. The van der Waals surface area contributed by atoms with Gasteiger partial charge in [-0.2, -0.15) is 4.31 Å². The van der Waals surface area contributed by atoms with E-state index >= 15 is 0 Å². The molecule has 0 radical (unpaired) electrons. The summed E-state index contributed by atoms with van der Waals surface area (Å²) in [5.41, 5.74) is 1.64. The lowest BCUT2D eigenvalue weighted by Crippen LogP contribution is -2.42. The van der Waals surface area contributed by atoms with E-state index in [4.69, 9.17) is 0 Å². The maximum atomic E-state index is 13.5. The van der Waals surface area contributed by atoms with Crippen LogP contribution in [-0.4, -0.2) is 42.2 Å². The van der Waals surface area contributed by atoms with Gasteiger partial charge in [0.15, 0.2) is 0 Å². The molecule has 5 nitrogen and oxygen atoms in total. The van der Waals surface area contributed by atoms with Crippen molar-refractivity contribution in [2.24, 2.45) is 5.92 Å². The number of nitrogens with zero attached hydrogens (tertiary/aromatic N) is 1. The predicted molar refractivity (Wildman–Crippen MR) is 128 cm³/mol. The van der Waals surface area contributed by atoms with E-state index in [2.05, 4.69) is 5.32 Å². The highest BCUT2D eigenvalue weighted by atomic mass is 32.2. The van der Waals surface area contributed by atoms with E-state index in [0.717, 1.165) is 50.5 Å². The van der Waals surface area contributed by atoms with Gasteiger partial charge in [0.2, 0.25) is 10.0 Å². The van der Waals surface area contributed by atoms with Crippen LogP contribution < -0.4 is 5.32 Å². The maximum Gasteiger partial charge on any atom is 0.211 e. The lowest BCUT2D eigenvalue weighted by Gasteiger charge is -2.36. The molecule has 0 spiro atoms.